The third-order valence-corrected chi connectivity index (χ3v) is 2.90. The molecule has 6 nitrogen and oxygen atoms in total. The van der Waals surface area contributed by atoms with Crippen LogP contribution in [-0.4, -0.2) is 18.0 Å². The summed E-state index contributed by atoms with van der Waals surface area (Å²) in [5.74, 6) is -1.09. The largest absolute Gasteiger partial charge is 0.494 e. The summed E-state index contributed by atoms with van der Waals surface area (Å²) in [7, 11) is 1.35. The highest BCUT2D eigenvalue weighted by molar-refractivity contribution is 5.89. The molecule has 0 fully saturated rings. The summed E-state index contributed by atoms with van der Waals surface area (Å²) in [4.78, 5) is 21.8. The molecule has 0 aliphatic rings. The van der Waals surface area contributed by atoms with E-state index in [9.17, 15) is 19.3 Å². The van der Waals surface area contributed by atoms with Crippen molar-refractivity contribution in [3.63, 3.8) is 0 Å². The van der Waals surface area contributed by atoms with Crippen LogP contribution in [0.1, 0.15) is 15.9 Å². The molecule has 0 unspecified atom stereocenters. The van der Waals surface area contributed by atoms with Crippen molar-refractivity contribution in [2.45, 2.75) is 6.61 Å². The monoisotopic (exact) mass is 305 g/mol. The zero-order chi connectivity index (χ0) is 16.1. The Kier molecular flexibility index (Phi) is 4.67. The van der Waals surface area contributed by atoms with Gasteiger partial charge in [-0.3, -0.25) is 10.1 Å². The van der Waals surface area contributed by atoms with E-state index >= 15 is 0 Å². The van der Waals surface area contributed by atoms with Crippen molar-refractivity contribution < 1.29 is 23.6 Å². The molecule has 0 N–H and O–H groups in total. The van der Waals surface area contributed by atoms with Gasteiger partial charge < -0.3 is 9.47 Å². The summed E-state index contributed by atoms with van der Waals surface area (Å²) in [5, 5.41) is 10.5. The number of nitro groups is 1. The maximum absolute atomic E-state index is 13.5. The van der Waals surface area contributed by atoms with Crippen LogP contribution in [0.3, 0.4) is 0 Å². The average molecular weight is 305 g/mol. The number of carbonyl (C=O) groups is 1. The van der Waals surface area contributed by atoms with Gasteiger partial charge >= 0.3 is 5.97 Å². The molecule has 0 heterocycles. The van der Waals surface area contributed by atoms with E-state index in [1.165, 1.54) is 43.5 Å². The Labute approximate surface area is 125 Å². The van der Waals surface area contributed by atoms with Gasteiger partial charge in [0, 0.05) is 12.1 Å². The number of esters is 1. The molecule has 2 aromatic rings. The molecule has 0 saturated carbocycles. The standard InChI is InChI=1S/C15H12FNO5/c1-21-14-7-2-10(8-13(14)16)9-22-15(18)11-3-5-12(6-4-11)17(19)20/h2-8H,9H2,1H3. The molecule has 7 heteroatoms. The molecule has 0 bridgehead atoms. The van der Waals surface area contributed by atoms with Crippen LogP contribution in [0.25, 0.3) is 0 Å². The number of nitrogens with zero attached hydrogens (tertiary/aromatic N) is 1. The second-order valence-corrected chi connectivity index (χ2v) is 4.35. The Bertz CT molecular complexity index is 700. The minimum atomic E-state index is -0.647. The molecular formula is C15H12FNO5. The minimum absolute atomic E-state index is 0.102. The normalized spacial score (nSPS) is 10.1. The van der Waals surface area contributed by atoms with E-state index in [-0.39, 0.29) is 23.6 Å². The topological polar surface area (TPSA) is 78.7 Å². The quantitative estimate of drug-likeness (QED) is 0.482. The van der Waals surface area contributed by atoms with Gasteiger partial charge in [0.2, 0.25) is 0 Å². The van der Waals surface area contributed by atoms with Crippen LogP contribution in [0, 0.1) is 15.9 Å². The summed E-state index contributed by atoms with van der Waals surface area (Å²) < 4.78 is 23.3. The lowest BCUT2D eigenvalue weighted by Crippen LogP contribution is -2.05. The molecule has 22 heavy (non-hydrogen) atoms. The first kappa shape index (κ1) is 15.4. The number of non-ortho nitro benzene ring substituents is 1. The van der Waals surface area contributed by atoms with Crippen molar-refractivity contribution in [1.82, 2.24) is 0 Å². The Morgan fingerprint density at radius 2 is 1.91 bits per heavy atom. The Morgan fingerprint density at radius 3 is 2.45 bits per heavy atom. The molecule has 0 amide bonds. The Morgan fingerprint density at radius 1 is 1.23 bits per heavy atom. The molecule has 0 spiro atoms. The van der Waals surface area contributed by atoms with E-state index in [1.807, 2.05) is 0 Å². The molecule has 114 valence electrons. The number of carbonyl (C=O) groups excluding carboxylic acids is 1. The molecule has 2 aromatic carbocycles. The van der Waals surface area contributed by atoms with E-state index in [0.29, 0.717) is 5.56 Å². The summed E-state index contributed by atoms with van der Waals surface area (Å²) in [6.45, 7) is -0.114. The minimum Gasteiger partial charge on any atom is -0.494 e. The lowest BCUT2D eigenvalue weighted by atomic mass is 10.2. The van der Waals surface area contributed by atoms with E-state index < -0.39 is 16.7 Å². The fourth-order valence-corrected chi connectivity index (χ4v) is 1.75. The van der Waals surface area contributed by atoms with Crippen LogP contribution in [0.2, 0.25) is 0 Å². The first-order valence-corrected chi connectivity index (χ1v) is 6.25. The molecule has 2 rings (SSSR count). The van der Waals surface area contributed by atoms with E-state index in [1.54, 1.807) is 6.07 Å². The van der Waals surface area contributed by atoms with E-state index in [4.69, 9.17) is 9.47 Å². The number of halogens is 1. The van der Waals surface area contributed by atoms with E-state index in [0.717, 1.165) is 0 Å². The Balaban J connectivity index is 2.00. The van der Waals surface area contributed by atoms with Gasteiger partial charge in [0.1, 0.15) is 6.61 Å². The SMILES string of the molecule is COc1ccc(COC(=O)c2ccc([N+](=O)[O-])cc2)cc1F. The molecule has 0 aromatic heterocycles. The first-order chi connectivity index (χ1) is 10.5. The van der Waals surface area contributed by atoms with Crippen molar-refractivity contribution in [3.8, 4) is 5.75 Å². The van der Waals surface area contributed by atoms with Gasteiger partial charge in [-0.25, -0.2) is 9.18 Å². The van der Waals surface area contributed by atoms with Gasteiger partial charge in [0.25, 0.3) is 5.69 Å². The first-order valence-electron chi connectivity index (χ1n) is 6.25. The van der Waals surface area contributed by atoms with Crippen LogP contribution >= 0.6 is 0 Å². The summed E-state index contributed by atoms with van der Waals surface area (Å²) in [5.41, 5.74) is 0.530. The third-order valence-electron chi connectivity index (χ3n) is 2.90. The average Bonchev–Trinajstić information content (AvgIpc) is 2.52. The van der Waals surface area contributed by atoms with Gasteiger partial charge in [-0.2, -0.15) is 0 Å². The predicted octanol–water partition coefficient (Wildman–Crippen LogP) is 3.10. The van der Waals surface area contributed by atoms with Crippen molar-refractivity contribution in [1.29, 1.82) is 0 Å². The highest BCUT2D eigenvalue weighted by Crippen LogP contribution is 2.19. The zero-order valence-electron chi connectivity index (χ0n) is 11.6. The van der Waals surface area contributed by atoms with Gasteiger partial charge in [-0.1, -0.05) is 6.07 Å². The molecule has 0 radical (unpaired) electrons. The smallest absolute Gasteiger partial charge is 0.338 e. The van der Waals surface area contributed by atoms with Gasteiger partial charge in [-0.05, 0) is 29.8 Å². The highest BCUT2D eigenvalue weighted by atomic mass is 19.1. The summed E-state index contributed by atoms with van der Waals surface area (Å²) in [6, 6.07) is 9.24. The van der Waals surface area contributed by atoms with Crippen LogP contribution in [0.5, 0.6) is 5.75 Å². The van der Waals surface area contributed by atoms with E-state index in [2.05, 4.69) is 0 Å². The second kappa shape index (κ2) is 6.66. The lowest BCUT2D eigenvalue weighted by molar-refractivity contribution is -0.384. The van der Waals surface area contributed by atoms with Crippen LogP contribution < -0.4 is 4.74 Å². The Hall–Kier alpha value is -2.96. The number of hydrogen-bond donors (Lipinski definition) is 0. The maximum Gasteiger partial charge on any atom is 0.338 e. The number of methoxy groups -OCH3 is 1. The summed E-state index contributed by atoms with van der Waals surface area (Å²) in [6.07, 6.45) is 0. The van der Waals surface area contributed by atoms with Crippen molar-refractivity contribution in [3.05, 3.63) is 69.5 Å². The molecule has 0 aliphatic heterocycles. The molecule has 0 saturated heterocycles. The van der Waals surface area contributed by atoms with Crippen molar-refractivity contribution in [2.24, 2.45) is 0 Å². The van der Waals surface area contributed by atoms with Crippen LogP contribution in [0.15, 0.2) is 42.5 Å². The van der Waals surface area contributed by atoms with Gasteiger partial charge in [-0.15, -0.1) is 0 Å². The summed E-state index contributed by atoms with van der Waals surface area (Å²) >= 11 is 0. The van der Waals surface area contributed by atoms with Crippen molar-refractivity contribution in [2.75, 3.05) is 7.11 Å². The van der Waals surface area contributed by atoms with Crippen molar-refractivity contribution >= 4 is 11.7 Å². The third kappa shape index (κ3) is 3.57. The zero-order valence-corrected chi connectivity index (χ0v) is 11.6. The number of nitro benzene ring substituents is 1. The number of rotatable bonds is 5. The lowest BCUT2D eigenvalue weighted by Gasteiger charge is -2.07. The highest BCUT2D eigenvalue weighted by Gasteiger charge is 2.11. The van der Waals surface area contributed by atoms with Gasteiger partial charge in [0.15, 0.2) is 11.6 Å². The molecule has 0 aliphatic carbocycles. The van der Waals surface area contributed by atoms with Crippen LogP contribution in [-0.2, 0) is 11.3 Å². The molecular weight excluding hydrogens is 293 g/mol. The fourth-order valence-electron chi connectivity index (χ4n) is 1.75. The number of hydrogen-bond acceptors (Lipinski definition) is 5. The number of benzene rings is 2. The predicted molar refractivity (Wildman–Crippen MR) is 75.2 cm³/mol. The maximum atomic E-state index is 13.5. The fraction of sp³-hybridized carbons (Fsp3) is 0.133. The van der Waals surface area contributed by atoms with Gasteiger partial charge in [0.05, 0.1) is 17.6 Å². The molecule has 0 atom stereocenters. The number of ether oxygens (including phenoxy) is 2. The second-order valence-electron chi connectivity index (χ2n) is 4.35. The van der Waals surface area contributed by atoms with Crippen LogP contribution in [0.4, 0.5) is 10.1 Å².